The summed E-state index contributed by atoms with van der Waals surface area (Å²) in [6.45, 7) is 0. The van der Waals surface area contributed by atoms with Crippen molar-refractivity contribution in [1.82, 2.24) is 0 Å². The van der Waals surface area contributed by atoms with Crippen LogP contribution in [0.3, 0.4) is 0 Å². The predicted octanol–water partition coefficient (Wildman–Crippen LogP) is 2.41. The molecule has 50 valence electrons. The fourth-order valence-electron chi connectivity index (χ4n) is 0. The molecular weight excluding hydrogens is 174 g/mol. The molecule has 0 aliphatic carbocycles. The first kappa shape index (κ1) is 11.2. The van der Waals surface area contributed by atoms with Gasteiger partial charge >= 0.3 is 5.43 Å². The van der Waals surface area contributed by atoms with E-state index in [2.05, 4.69) is 16.3 Å². The lowest BCUT2D eigenvalue weighted by atomic mass is 11.5. The zero-order valence-corrected chi connectivity index (χ0v) is 6.43. The molecule has 5 heteroatoms. The second-order valence-corrected chi connectivity index (χ2v) is 1.66. The Hall–Kier alpha value is 0.340. The van der Waals surface area contributed by atoms with Gasteiger partial charge in [-0.15, -0.1) is 23.2 Å². The number of rotatable bonds is 0. The fourth-order valence-corrected chi connectivity index (χ4v) is 0. The van der Waals surface area contributed by atoms with Crippen LogP contribution in [0.15, 0.2) is 0 Å². The smallest absolute Gasteiger partial charge is 0.403 e. The number of carbonyl (C=O) groups is 1. The minimum atomic E-state index is -0.773. The van der Waals surface area contributed by atoms with Crippen LogP contribution in [0.2, 0.25) is 0 Å². The molecule has 0 amide bonds. The SMILES string of the molecule is COC(=O)Cl.ClCCl. The number of halogens is 3. The van der Waals surface area contributed by atoms with Crippen LogP contribution >= 0.6 is 34.8 Å². The summed E-state index contributed by atoms with van der Waals surface area (Å²) in [6, 6.07) is 0. The van der Waals surface area contributed by atoms with Crippen LogP contribution in [0.5, 0.6) is 0 Å². The minimum absolute atomic E-state index is 0.194. The third kappa shape index (κ3) is 33.0. The first-order chi connectivity index (χ1) is 3.68. The van der Waals surface area contributed by atoms with E-state index in [4.69, 9.17) is 23.2 Å². The number of carbonyl (C=O) groups excluding carboxylic acids is 1. The minimum Gasteiger partial charge on any atom is -0.457 e. The highest BCUT2D eigenvalue weighted by Crippen LogP contribution is 1.78. The lowest BCUT2D eigenvalue weighted by molar-refractivity contribution is 0.198. The topological polar surface area (TPSA) is 26.3 Å². The number of hydrogen-bond donors (Lipinski definition) is 0. The normalized spacial score (nSPS) is 6.50. The van der Waals surface area contributed by atoms with Crippen molar-refractivity contribution in [3.8, 4) is 0 Å². The standard InChI is InChI=1S/C2H3ClO2.CH2Cl2/c1-5-2(3)4;2-1-3/h1H3;1H2. The molecular formula is C3H5Cl3O2. The number of hydrogen-bond acceptors (Lipinski definition) is 2. The zero-order valence-electron chi connectivity index (χ0n) is 4.16. The van der Waals surface area contributed by atoms with E-state index in [0.717, 1.165) is 0 Å². The molecule has 0 bridgehead atoms. The maximum absolute atomic E-state index is 9.36. The summed E-state index contributed by atoms with van der Waals surface area (Å²) in [7, 11) is 1.22. The van der Waals surface area contributed by atoms with E-state index < -0.39 is 5.43 Å². The predicted molar refractivity (Wildman–Crippen MR) is 34.8 cm³/mol. The maximum atomic E-state index is 9.36. The van der Waals surface area contributed by atoms with Gasteiger partial charge in [0.1, 0.15) is 0 Å². The van der Waals surface area contributed by atoms with E-state index in [1.54, 1.807) is 0 Å². The molecule has 0 aromatic heterocycles. The van der Waals surface area contributed by atoms with Crippen molar-refractivity contribution in [2.24, 2.45) is 0 Å². The largest absolute Gasteiger partial charge is 0.457 e. The van der Waals surface area contributed by atoms with Gasteiger partial charge in [0.15, 0.2) is 0 Å². The monoisotopic (exact) mass is 178 g/mol. The highest BCUT2D eigenvalue weighted by Gasteiger charge is 1.80. The molecule has 2 nitrogen and oxygen atoms in total. The van der Waals surface area contributed by atoms with Gasteiger partial charge in [-0.05, 0) is 0 Å². The lowest BCUT2D eigenvalue weighted by Crippen LogP contribution is -1.80. The first-order valence-electron chi connectivity index (χ1n) is 1.54. The van der Waals surface area contributed by atoms with Crippen molar-refractivity contribution in [1.29, 1.82) is 0 Å². The summed E-state index contributed by atoms with van der Waals surface area (Å²) in [5, 5.41) is 0.194. The van der Waals surface area contributed by atoms with E-state index in [9.17, 15) is 4.79 Å². The molecule has 0 aliphatic heterocycles. The molecule has 0 atom stereocenters. The van der Waals surface area contributed by atoms with E-state index in [-0.39, 0.29) is 5.34 Å². The lowest BCUT2D eigenvalue weighted by Gasteiger charge is -1.77. The Kier molecular flexibility index (Phi) is 14.5. The van der Waals surface area contributed by atoms with Crippen molar-refractivity contribution in [2.75, 3.05) is 12.4 Å². The average molecular weight is 179 g/mol. The summed E-state index contributed by atoms with van der Waals surface area (Å²) in [4.78, 5) is 9.36. The fraction of sp³-hybridized carbons (Fsp3) is 0.667. The summed E-state index contributed by atoms with van der Waals surface area (Å²) < 4.78 is 3.88. The van der Waals surface area contributed by atoms with Crippen LogP contribution in [0.25, 0.3) is 0 Å². The van der Waals surface area contributed by atoms with Gasteiger partial charge in [-0.1, -0.05) is 0 Å². The van der Waals surface area contributed by atoms with Gasteiger partial charge in [0.2, 0.25) is 0 Å². The van der Waals surface area contributed by atoms with E-state index in [1.165, 1.54) is 7.11 Å². The van der Waals surface area contributed by atoms with Gasteiger partial charge in [-0.3, -0.25) is 0 Å². The van der Waals surface area contributed by atoms with Crippen molar-refractivity contribution in [3.05, 3.63) is 0 Å². The third-order valence-electron chi connectivity index (χ3n) is 0.160. The van der Waals surface area contributed by atoms with E-state index in [0.29, 0.717) is 0 Å². The average Bonchev–Trinajstić information content (AvgIpc) is 1.69. The highest BCUT2D eigenvalue weighted by atomic mass is 35.5. The molecule has 0 radical (unpaired) electrons. The third-order valence-corrected chi connectivity index (χ3v) is 0.315. The van der Waals surface area contributed by atoms with Crippen LogP contribution in [-0.4, -0.2) is 17.9 Å². The van der Waals surface area contributed by atoms with Crippen LogP contribution in [-0.2, 0) is 4.74 Å². The van der Waals surface area contributed by atoms with E-state index >= 15 is 0 Å². The molecule has 0 heterocycles. The van der Waals surface area contributed by atoms with Gasteiger partial charge in [0, 0.05) is 11.6 Å². The Bertz CT molecular complexity index is 56.5. The molecule has 0 aromatic rings. The van der Waals surface area contributed by atoms with Gasteiger partial charge in [0.05, 0.1) is 12.4 Å². The molecule has 8 heavy (non-hydrogen) atoms. The van der Waals surface area contributed by atoms with Crippen molar-refractivity contribution < 1.29 is 9.53 Å². The first-order valence-corrected chi connectivity index (χ1v) is 2.99. The molecule has 0 saturated carbocycles. The quantitative estimate of drug-likeness (QED) is 0.422. The van der Waals surface area contributed by atoms with Crippen LogP contribution in [0.1, 0.15) is 0 Å². The maximum Gasteiger partial charge on any atom is 0.403 e. The second-order valence-electron chi connectivity index (χ2n) is 0.543. The van der Waals surface area contributed by atoms with Crippen LogP contribution < -0.4 is 0 Å². The Labute approximate surface area is 62.7 Å². The Morgan fingerprint density at radius 2 is 1.75 bits per heavy atom. The molecule has 0 saturated heterocycles. The van der Waals surface area contributed by atoms with Crippen LogP contribution in [0, 0.1) is 0 Å². The number of alkyl halides is 2. The number of ether oxygens (including phenoxy) is 1. The molecule has 0 aliphatic rings. The molecule has 0 unspecified atom stereocenters. The van der Waals surface area contributed by atoms with Crippen molar-refractivity contribution in [3.63, 3.8) is 0 Å². The van der Waals surface area contributed by atoms with Gasteiger partial charge < -0.3 is 4.74 Å². The Balaban J connectivity index is 0. The summed E-state index contributed by atoms with van der Waals surface area (Å²) in [6.07, 6.45) is 0. The summed E-state index contributed by atoms with van der Waals surface area (Å²) in [5.74, 6) is 0. The molecule has 0 aromatic carbocycles. The molecule has 0 fully saturated rings. The number of methoxy groups -OCH3 is 1. The van der Waals surface area contributed by atoms with Gasteiger partial charge in [-0.25, -0.2) is 4.79 Å². The Morgan fingerprint density at radius 1 is 1.62 bits per heavy atom. The van der Waals surface area contributed by atoms with Gasteiger partial charge in [-0.2, -0.15) is 0 Å². The zero-order chi connectivity index (χ0) is 6.99. The highest BCUT2D eigenvalue weighted by molar-refractivity contribution is 6.61. The van der Waals surface area contributed by atoms with Crippen molar-refractivity contribution >= 4 is 40.2 Å². The van der Waals surface area contributed by atoms with Crippen LogP contribution in [0.4, 0.5) is 4.79 Å². The molecule has 0 rings (SSSR count). The second kappa shape index (κ2) is 10.3. The van der Waals surface area contributed by atoms with Crippen molar-refractivity contribution in [2.45, 2.75) is 0 Å². The summed E-state index contributed by atoms with van der Waals surface area (Å²) in [5.41, 5.74) is -0.773. The summed E-state index contributed by atoms with van der Waals surface area (Å²) >= 11 is 14.1. The van der Waals surface area contributed by atoms with Gasteiger partial charge in [0.25, 0.3) is 0 Å². The molecule has 0 spiro atoms. The Morgan fingerprint density at radius 3 is 1.75 bits per heavy atom. The molecule has 0 N–H and O–H groups in total. The van der Waals surface area contributed by atoms with E-state index in [1.807, 2.05) is 0 Å².